The third kappa shape index (κ3) is 3.52. The lowest BCUT2D eigenvalue weighted by atomic mass is 10.0. The summed E-state index contributed by atoms with van der Waals surface area (Å²) >= 11 is 6.76. The molecule has 2 aromatic rings. The molecule has 0 saturated carbocycles. The van der Waals surface area contributed by atoms with Crippen LogP contribution in [0.25, 0.3) is 11.6 Å². The summed E-state index contributed by atoms with van der Waals surface area (Å²) in [6, 6.07) is 10.6. The summed E-state index contributed by atoms with van der Waals surface area (Å²) in [5.41, 5.74) is 2.55. The first-order chi connectivity index (χ1) is 11.4. The van der Waals surface area contributed by atoms with Crippen LogP contribution in [0.1, 0.15) is 11.1 Å². The molecule has 1 aliphatic heterocycles. The van der Waals surface area contributed by atoms with Crippen molar-refractivity contribution in [3.8, 4) is 5.75 Å². The Balaban J connectivity index is 2.05. The highest BCUT2D eigenvalue weighted by Gasteiger charge is 2.24. The fraction of sp³-hybridized carbons (Fsp3) is 0.0588. The second kappa shape index (κ2) is 6.78. The minimum absolute atomic E-state index is 0.228. The number of amides is 1. The molecule has 0 unspecified atom stereocenters. The number of rotatable bonds is 4. The van der Waals surface area contributed by atoms with Crippen LogP contribution in [-0.4, -0.2) is 18.5 Å². The van der Waals surface area contributed by atoms with Gasteiger partial charge >= 0.3 is 0 Å². The predicted octanol–water partition coefficient (Wildman–Crippen LogP) is 2.83. The van der Waals surface area contributed by atoms with Crippen molar-refractivity contribution in [2.45, 2.75) is 0 Å². The Morgan fingerprint density at radius 1 is 1.17 bits per heavy atom. The SMILES string of the molecule is O=C([O-])COc1ccc(Br)cc1/C=C1\C(=O)Nc2ccc(Br)cc21. The number of carbonyl (C=O) groups excluding carboxylic acids is 2. The molecular weight excluding hydrogens is 442 g/mol. The maximum atomic E-state index is 12.3. The van der Waals surface area contributed by atoms with Crippen molar-refractivity contribution in [1.29, 1.82) is 0 Å². The second-order valence-corrected chi connectivity index (χ2v) is 6.88. The number of benzene rings is 2. The zero-order chi connectivity index (χ0) is 17.3. The lowest BCUT2D eigenvalue weighted by Gasteiger charge is -2.11. The van der Waals surface area contributed by atoms with Crippen molar-refractivity contribution >= 4 is 61.1 Å². The van der Waals surface area contributed by atoms with Crippen LogP contribution in [0.4, 0.5) is 5.69 Å². The fourth-order valence-corrected chi connectivity index (χ4v) is 3.10. The van der Waals surface area contributed by atoms with E-state index in [0.717, 1.165) is 20.2 Å². The number of aliphatic carboxylic acids is 1. The van der Waals surface area contributed by atoms with Crippen LogP contribution >= 0.6 is 31.9 Å². The van der Waals surface area contributed by atoms with Crippen molar-refractivity contribution in [1.82, 2.24) is 0 Å². The third-order valence-electron chi connectivity index (χ3n) is 3.38. The van der Waals surface area contributed by atoms with Crippen molar-refractivity contribution in [3.05, 3.63) is 56.5 Å². The van der Waals surface area contributed by atoms with Gasteiger partial charge in [0.1, 0.15) is 12.4 Å². The minimum Gasteiger partial charge on any atom is -0.546 e. The van der Waals surface area contributed by atoms with Gasteiger partial charge in [-0.1, -0.05) is 31.9 Å². The topological polar surface area (TPSA) is 78.5 Å². The molecule has 5 nitrogen and oxygen atoms in total. The molecule has 2 aromatic carbocycles. The molecular formula is C17H10Br2NO4-. The van der Waals surface area contributed by atoms with Gasteiger partial charge in [0.2, 0.25) is 0 Å². The van der Waals surface area contributed by atoms with Gasteiger partial charge in [-0.05, 0) is 42.5 Å². The zero-order valence-electron chi connectivity index (χ0n) is 12.1. The normalized spacial score (nSPS) is 14.4. The van der Waals surface area contributed by atoms with E-state index < -0.39 is 12.6 Å². The van der Waals surface area contributed by atoms with E-state index >= 15 is 0 Å². The first-order valence-corrected chi connectivity index (χ1v) is 8.48. The van der Waals surface area contributed by atoms with Gasteiger partial charge in [-0.2, -0.15) is 0 Å². The van der Waals surface area contributed by atoms with E-state index in [9.17, 15) is 14.7 Å². The molecule has 1 aliphatic rings. The molecule has 0 radical (unpaired) electrons. The van der Waals surface area contributed by atoms with E-state index in [2.05, 4.69) is 37.2 Å². The summed E-state index contributed by atoms with van der Waals surface area (Å²) in [7, 11) is 0. The van der Waals surface area contributed by atoms with Crippen LogP contribution in [0.5, 0.6) is 5.75 Å². The van der Waals surface area contributed by atoms with E-state index in [4.69, 9.17) is 4.74 Å². The second-order valence-electron chi connectivity index (χ2n) is 5.04. The molecule has 0 saturated heterocycles. The van der Waals surface area contributed by atoms with Crippen LogP contribution in [0.2, 0.25) is 0 Å². The quantitative estimate of drug-likeness (QED) is 0.725. The number of fused-ring (bicyclic) bond motifs is 1. The van der Waals surface area contributed by atoms with Crippen molar-refractivity contribution in [2.75, 3.05) is 11.9 Å². The Morgan fingerprint density at radius 3 is 2.62 bits per heavy atom. The lowest BCUT2D eigenvalue weighted by molar-refractivity contribution is -0.307. The summed E-state index contributed by atoms with van der Waals surface area (Å²) in [5.74, 6) is -1.19. The highest BCUT2D eigenvalue weighted by Crippen LogP contribution is 2.36. The van der Waals surface area contributed by atoms with E-state index in [1.807, 2.05) is 18.2 Å². The Kier molecular flexibility index (Phi) is 4.73. The Morgan fingerprint density at radius 2 is 1.88 bits per heavy atom. The van der Waals surface area contributed by atoms with E-state index in [1.165, 1.54) is 0 Å². The zero-order valence-corrected chi connectivity index (χ0v) is 15.3. The predicted molar refractivity (Wildman–Crippen MR) is 95.3 cm³/mol. The van der Waals surface area contributed by atoms with Crippen molar-refractivity contribution in [3.63, 3.8) is 0 Å². The molecule has 7 heteroatoms. The molecule has 0 atom stereocenters. The number of carboxylic acids is 1. The maximum Gasteiger partial charge on any atom is 0.256 e. The highest BCUT2D eigenvalue weighted by atomic mass is 79.9. The summed E-state index contributed by atoms with van der Waals surface area (Å²) in [6.45, 7) is -0.563. The molecule has 1 amide bonds. The molecule has 0 fully saturated rings. The Bertz CT molecular complexity index is 877. The first kappa shape index (κ1) is 16.7. The van der Waals surface area contributed by atoms with Crippen LogP contribution in [0, 0.1) is 0 Å². The molecule has 0 aliphatic carbocycles. The molecule has 1 heterocycles. The van der Waals surface area contributed by atoms with Gasteiger partial charge in [0.15, 0.2) is 0 Å². The van der Waals surface area contributed by atoms with Gasteiger partial charge < -0.3 is 20.0 Å². The number of nitrogens with one attached hydrogen (secondary N) is 1. The maximum absolute atomic E-state index is 12.3. The molecule has 1 N–H and O–H groups in total. The number of hydrogen-bond donors (Lipinski definition) is 1. The summed E-state index contributed by atoms with van der Waals surface area (Å²) in [6.07, 6.45) is 1.67. The van der Waals surface area contributed by atoms with E-state index in [-0.39, 0.29) is 5.91 Å². The van der Waals surface area contributed by atoms with Gasteiger partial charge in [0.25, 0.3) is 5.91 Å². The van der Waals surface area contributed by atoms with Crippen LogP contribution in [0.3, 0.4) is 0 Å². The molecule has 0 aromatic heterocycles. The third-order valence-corrected chi connectivity index (χ3v) is 4.37. The van der Waals surface area contributed by atoms with Gasteiger partial charge in [-0.15, -0.1) is 0 Å². The van der Waals surface area contributed by atoms with Crippen molar-refractivity contribution < 1.29 is 19.4 Å². The molecule has 3 rings (SSSR count). The van der Waals surface area contributed by atoms with E-state index in [0.29, 0.717) is 16.9 Å². The van der Waals surface area contributed by atoms with E-state index in [1.54, 1.807) is 24.3 Å². The Labute approximate surface area is 154 Å². The number of carboxylic acid groups (broad SMARTS) is 1. The minimum atomic E-state index is -1.32. The monoisotopic (exact) mass is 450 g/mol. The number of ether oxygens (including phenoxy) is 1. The van der Waals surface area contributed by atoms with Gasteiger partial charge in [-0.25, -0.2) is 0 Å². The summed E-state index contributed by atoms with van der Waals surface area (Å²) in [5, 5.41) is 13.4. The van der Waals surface area contributed by atoms with Crippen LogP contribution in [0.15, 0.2) is 45.3 Å². The Hall–Kier alpha value is -2.12. The van der Waals surface area contributed by atoms with Crippen LogP contribution < -0.4 is 15.2 Å². The first-order valence-electron chi connectivity index (χ1n) is 6.89. The molecule has 122 valence electrons. The smallest absolute Gasteiger partial charge is 0.256 e. The summed E-state index contributed by atoms with van der Waals surface area (Å²) < 4.78 is 6.88. The standard InChI is InChI=1S/C17H11Br2NO4/c18-10-2-4-15(24-8-16(21)22)9(5-10)6-13-12-7-11(19)1-3-14(12)20-17(13)23/h1-7H,8H2,(H,20,23)(H,21,22)/p-1/b13-6-. The number of carbonyl (C=O) groups is 2. The molecule has 0 spiro atoms. The number of anilines is 1. The number of hydrogen-bond acceptors (Lipinski definition) is 4. The van der Waals surface area contributed by atoms with Gasteiger partial charge in [-0.3, -0.25) is 4.79 Å². The lowest BCUT2D eigenvalue weighted by Crippen LogP contribution is -2.29. The average Bonchev–Trinajstić information content (AvgIpc) is 2.82. The highest BCUT2D eigenvalue weighted by molar-refractivity contribution is 9.10. The van der Waals surface area contributed by atoms with Crippen molar-refractivity contribution in [2.24, 2.45) is 0 Å². The van der Waals surface area contributed by atoms with Gasteiger partial charge in [0, 0.05) is 31.3 Å². The molecule has 0 bridgehead atoms. The average molecular weight is 452 g/mol. The number of halogens is 2. The van der Waals surface area contributed by atoms with Crippen LogP contribution in [-0.2, 0) is 9.59 Å². The van der Waals surface area contributed by atoms with Gasteiger partial charge in [0.05, 0.1) is 5.97 Å². The summed E-state index contributed by atoms with van der Waals surface area (Å²) in [4.78, 5) is 22.9. The largest absolute Gasteiger partial charge is 0.546 e. The molecule has 24 heavy (non-hydrogen) atoms. The fourth-order valence-electron chi connectivity index (χ4n) is 2.36.